The molecule has 1 aliphatic heterocycles. The Balaban J connectivity index is 1.15. The molecule has 15 heteroatoms. The Morgan fingerprint density at radius 3 is 1.91 bits per heavy atom. The summed E-state index contributed by atoms with van der Waals surface area (Å²) in [5.74, 6) is -2.01. The third kappa shape index (κ3) is 11.9. The van der Waals surface area contributed by atoms with Crippen LogP contribution in [0.15, 0.2) is 68.7 Å². The van der Waals surface area contributed by atoms with E-state index in [1.807, 2.05) is 12.1 Å². The van der Waals surface area contributed by atoms with Crippen LogP contribution in [0.25, 0.3) is 0 Å². The second kappa shape index (κ2) is 19.7. The lowest BCUT2D eigenvalue weighted by atomic mass is 9.82. The number of fused-ring (bicyclic) bond motifs is 1. The molecular formula is C39H40N2O11S2. The number of allylic oxidation sites excluding steroid dienone is 1. The first-order valence-electron chi connectivity index (χ1n) is 17.1. The lowest BCUT2D eigenvalue weighted by molar-refractivity contribution is -0.154. The van der Waals surface area contributed by atoms with Crippen molar-refractivity contribution in [3.8, 4) is 29.4 Å². The summed E-state index contributed by atoms with van der Waals surface area (Å²) < 4.78 is 32.8. The summed E-state index contributed by atoms with van der Waals surface area (Å²) in [5.41, 5.74) is 0.221. The lowest BCUT2D eigenvalue weighted by Gasteiger charge is -2.26. The van der Waals surface area contributed by atoms with Crippen LogP contribution in [0.1, 0.15) is 57.9 Å². The van der Waals surface area contributed by atoms with Crippen LogP contribution in [0.3, 0.4) is 0 Å². The number of hydrogen-bond donors (Lipinski definition) is 0. The summed E-state index contributed by atoms with van der Waals surface area (Å²) in [4.78, 5) is 62.8. The van der Waals surface area contributed by atoms with Gasteiger partial charge in [0.1, 0.15) is 35.0 Å². The normalized spacial score (nSPS) is 16.1. The first-order chi connectivity index (χ1) is 25.9. The van der Waals surface area contributed by atoms with Crippen LogP contribution in [-0.2, 0) is 44.6 Å². The average Bonchev–Trinajstić information content (AvgIpc) is 3.62. The number of carbonyl (C=O) groups is 5. The molecule has 0 bridgehead atoms. The van der Waals surface area contributed by atoms with Crippen molar-refractivity contribution in [1.82, 2.24) is 0 Å². The summed E-state index contributed by atoms with van der Waals surface area (Å²) in [6.07, 6.45) is 2.99. The molecule has 1 heterocycles. The van der Waals surface area contributed by atoms with E-state index in [-0.39, 0.29) is 50.1 Å². The third-order valence-corrected chi connectivity index (χ3v) is 11.0. The summed E-state index contributed by atoms with van der Waals surface area (Å²) >= 11 is 2.42. The fourth-order valence-electron chi connectivity index (χ4n) is 5.34. The number of rotatable bonds is 16. The molecule has 0 amide bonds. The smallest absolute Gasteiger partial charge is 0.330 e. The van der Waals surface area contributed by atoms with Crippen molar-refractivity contribution >= 4 is 53.4 Å². The van der Waals surface area contributed by atoms with Crippen LogP contribution in [0.2, 0.25) is 0 Å². The summed E-state index contributed by atoms with van der Waals surface area (Å²) in [5, 5.41) is 18.6. The molecule has 0 unspecified atom stereocenters. The summed E-state index contributed by atoms with van der Waals surface area (Å²) in [6, 6.07) is 13.9. The molecule has 4 rings (SSSR count). The van der Waals surface area contributed by atoms with E-state index in [4.69, 9.17) is 28.4 Å². The third-order valence-electron chi connectivity index (χ3n) is 8.41. The number of carbonyl (C=O) groups excluding carboxylic acids is 5. The number of esters is 5. The van der Waals surface area contributed by atoms with Crippen molar-refractivity contribution < 1.29 is 52.4 Å². The van der Waals surface area contributed by atoms with Crippen LogP contribution in [0.4, 0.5) is 0 Å². The SMILES string of the molecule is C=CC(=O)OCC(C)(C)COC(=O)CCC(=O)OCCc1ccc(OC(=O)C2CCC(C(=O)Oc3ccc(OC)c4c3SC(=C(C#N)C#N)S4)CC2)cc1. The maximum Gasteiger partial charge on any atom is 0.330 e. The van der Waals surface area contributed by atoms with Gasteiger partial charge in [-0.25, -0.2) is 4.79 Å². The lowest BCUT2D eigenvalue weighted by Crippen LogP contribution is -2.30. The minimum atomic E-state index is -0.601. The van der Waals surface area contributed by atoms with Crippen LogP contribution in [0, 0.1) is 39.9 Å². The van der Waals surface area contributed by atoms with Gasteiger partial charge in [-0.3, -0.25) is 19.2 Å². The van der Waals surface area contributed by atoms with E-state index in [9.17, 15) is 34.5 Å². The van der Waals surface area contributed by atoms with E-state index in [2.05, 4.69) is 6.58 Å². The van der Waals surface area contributed by atoms with Gasteiger partial charge < -0.3 is 28.4 Å². The molecule has 54 heavy (non-hydrogen) atoms. The average molecular weight is 777 g/mol. The highest BCUT2D eigenvalue weighted by Gasteiger charge is 2.34. The second-order valence-corrected chi connectivity index (χ2v) is 15.5. The van der Waals surface area contributed by atoms with Crippen molar-refractivity contribution in [2.24, 2.45) is 17.3 Å². The zero-order chi connectivity index (χ0) is 39.3. The van der Waals surface area contributed by atoms with Crippen molar-refractivity contribution in [1.29, 1.82) is 10.5 Å². The van der Waals surface area contributed by atoms with Crippen LogP contribution in [-0.4, -0.2) is 56.8 Å². The highest BCUT2D eigenvalue weighted by Crippen LogP contribution is 2.58. The van der Waals surface area contributed by atoms with Crippen LogP contribution in [0.5, 0.6) is 17.2 Å². The van der Waals surface area contributed by atoms with Gasteiger partial charge in [0, 0.05) is 17.9 Å². The quantitative estimate of drug-likeness (QED) is 0.0580. The maximum absolute atomic E-state index is 13.2. The first-order valence-corrected chi connectivity index (χ1v) is 18.7. The van der Waals surface area contributed by atoms with Gasteiger partial charge in [-0.1, -0.05) is 56.1 Å². The summed E-state index contributed by atoms with van der Waals surface area (Å²) in [7, 11) is 1.51. The van der Waals surface area contributed by atoms with Crippen LogP contribution >= 0.6 is 23.5 Å². The van der Waals surface area contributed by atoms with E-state index < -0.39 is 35.2 Å². The van der Waals surface area contributed by atoms with Crippen molar-refractivity contribution in [2.45, 2.75) is 68.6 Å². The molecule has 0 spiro atoms. The number of nitriles is 2. The van der Waals surface area contributed by atoms with Gasteiger partial charge in [0.2, 0.25) is 0 Å². The number of hydrogen-bond acceptors (Lipinski definition) is 15. The minimum absolute atomic E-state index is 0.0134. The van der Waals surface area contributed by atoms with Gasteiger partial charge in [-0.15, -0.1) is 0 Å². The highest BCUT2D eigenvalue weighted by atomic mass is 32.2. The number of ether oxygens (including phenoxy) is 6. The fourth-order valence-corrected chi connectivity index (χ4v) is 7.86. The number of nitrogens with zero attached hydrogens (tertiary/aromatic N) is 2. The minimum Gasteiger partial charge on any atom is -0.496 e. The molecule has 1 saturated carbocycles. The van der Waals surface area contributed by atoms with Crippen molar-refractivity contribution in [3.63, 3.8) is 0 Å². The number of benzene rings is 2. The van der Waals surface area contributed by atoms with Crippen molar-refractivity contribution in [3.05, 3.63) is 64.4 Å². The predicted molar refractivity (Wildman–Crippen MR) is 196 cm³/mol. The standard InChI is InChI=1S/C39H40N2O11S2/c1-5-31(42)49-22-39(2,3)23-50-33(44)17-16-32(43)48-19-18-24-6-12-28(13-7-24)51-36(45)25-8-10-26(11-9-25)37(46)52-30-15-14-29(47-4)34-35(30)54-38(53-34)27(20-40)21-41/h5-7,12-15,25-26H,1,8-11,16-19,22-23H2,2-4H3. The number of thioether (sulfide) groups is 2. The molecule has 0 aromatic heterocycles. The predicted octanol–water partition coefficient (Wildman–Crippen LogP) is 6.63. The molecule has 2 aromatic carbocycles. The monoisotopic (exact) mass is 776 g/mol. The molecule has 0 N–H and O–H groups in total. The largest absolute Gasteiger partial charge is 0.496 e. The van der Waals surface area contributed by atoms with Gasteiger partial charge in [-0.05, 0) is 55.5 Å². The van der Waals surface area contributed by atoms with Crippen molar-refractivity contribution in [2.75, 3.05) is 26.9 Å². The molecular weight excluding hydrogens is 737 g/mol. The van der Waals surface area contributed by atoms with E-state index in [1.165, 1.54) is 30.6 Å². The van der Waals surface area contributed by atoms with Gasteiger partial charge in [-0.2, -0.15) is 10.5 Å². The Kier molecular flexibility index (Phi) is 15.2. The van der Waals surface area contributed by atoms with E-state index in [0.717, 1.165) is 11.6 Å². The van der Waals surface area contributed by atoms with Gasteiger partial charge in [0.05, 0.1) is 65.6 Å². The highest BCUT2D eigenvalue weighted by molar-refractivity contribution is 8.24. The molecule has 1 fully saturated rings. The Morgan fingerprint density at radius 2 is 1.33 bits per heavy atom. The van der Waals surface area contributed by atoms with Gasteiger partial charge >= 0.3 is 29.8 Å². The maximum atomic E-state index is 13.2. The van der Waals surface area contributed by atoms with E-state index in [1.54, 1.807) is 50.2 Å². The Bertz CT molecular complexity index is 1850. The molecule has 2 aromatic rings. The Morgan fingerprint density at radius 1 is 0.796 bits per heavy atom. The second-order valence-electron chi connectivity index (χ2n) is 13.2. The molecule has 13 nitrogen and oxygen atoms in total. The Hall–Kier alpha value is -5.25. The van der Waals surface area contributed by atoms with Crippen LogP contribution < -0.4 is 14.2 Å². The molecule has 1 aliphatic carbocycles. The fraction of sp³-hybridized carbons (Fsp3) is 0.410. The molecule has 284 valence electrons. The topological polar surface area (TPSA) is 188 Å². The summed E-state index contributed by atoms with van der Waals surface area (Å²) in [6.45, 7) is 7.03. The Labute approximate surface area is 321 Å². The molecule has 0 atom stereocenters. The molecule has 2 aliphatic rings. The number of methoxy groups -OCH3 is 1. The first kappa shape index (κ1) is 41.5. The van der Waals surface area contributed by atoms with Gasteiger partial charge in [0.15, 0.2) is 0 Å². The molecule has 0 saturated heterocycles. The molecule has 0 radical (unpaired) electrons. The van der Waals surface area contributed by atoms with E-state index >= 15 is 0 Å². The van der Waals surface area contributed by atoms with E-state index in [0.29, 0.717) is 63.4 Å². The zero-order valence-corrected chi connectivity index (χ0v) is 31.8. The zero-order valence-electron chi connectivity index (χ0n) is 30.2. The van der Waals surface area contributed by atoms with Gasteiger partial charge in [0.25, 0.3) is 0 Å².